The van der Waals surface area contributed by atoms with Crippen LogP contribution in [0.5, 0.6) is 0 Å². The molecule has 3 heterocycles. The van der Waals surface area contributed by atoms with Gasteiger partial charge in [0.1, 0.15) is 17.2 Å². The number of rotatable bonds is 5. The van der Waals surface area contributed by atoms with Crippen LogP contribution in [0.3, 0.4) is 0 Å². The Labute approximate surface area is 166 Å². The van der Waals surface area contributed by atoms with Gasteiger partial charge in [-0.15, -0.1) is 10.2 Å². The van der Waals surface area contributed by atoms with Gasteiger partial charge in [0, 0.05) is 11.4 Å². The summed E-state index contributed by atoms with van der Waals surface area (Å²) < 4.78 is 15.2. The van der Waals surface area contributed by atoms with E-state index in [1.807, 2.05) is 13.0 Å². The largest absolute Gasteiger partial charge is 0.325 e. The molecule has 4 rings (SSSR count). The summed E-state index contributed by atoms with van der Waals surface area (Å²) in [5.74, 6) is 0.143. The molecule has 4 aromatic rings. The number of nitrogens with one attached hydrogen (secondary N) is 2. The Morgan fingerprint density at radius 1 is 1.25 bits per heavy atom. The van der Waals surface area contributed by atoms with E-state index in [-0.39, 0.29) is 5.82 Å². The summed E-state index contributed by atoms with van der Waals surface area (Å²) in [7, 11) is 0. The van der Waals surface area contributed by atoms with Gasteiger partial charge in [0.25, 0.3) is 5.78 Å². The van der Waals surface area contributed by atoms with Crippen LogP contribution in [0.25, 0.3) is 5.78 Å². The number of urea groups is 1. The minimum atomic E-state index is -0.491. The Morgan fingerprint density at radius 3 is 2.86 bits per heavy atom. The summed E-state index contributed by atoms with van der Waals surface area (Å²) in [5.41, 5.74) is 1.36. The van der Waals surface area contributed by atoms with Crippen LogP contribution in [0.4, 0.5) is 20.0 Å². The van der Waals surface area contributed by atoms with Crippen LogP contribution in [0.15, 0.2) is 46.0 Å². The van der Waals surface area contributed by atoms with Crippen molar-refractivity contribution in [2.75, 3.05) is 10.6 Å². The van der Waals surface area contributed by atoms with Gasteiger partial charge in [-0.05, 0) is 48.5 Å². The zero-order chi connectivity index (χ0) is 19.5. The van der Waals surface area contributed by atoms with Gasteiger partial charge in [-0.1, -0.05) is 18.3 Å². The maximum Gasteiger partial charge on any atom is 0.325 e. The minimum absolute atomic E-state index is 0.335. The molecule has 0 aliphatic heterocycles. The summed E-state index contributed by atoms with van der Waals surface area (Å²) in [5, 5.41) is 18.6. The zero-order valence-electron chi connectivity index (χ0n) is 14.5. The lowest BCUT2D eigenvalue weighted by Gasteiger charge is -2.04. The van der Waals surface area contributed by atoms with E-state index in [2.05, 4.69) is 35.9 Å². The van der Waals surface area contributed by atoms with Gasteiger partial charge in [-0.3, -0.25) is 5.32 Å². The van der Waals surface area contributed by atoms with E-state index in [0.29, 0.717) is 20.9 Å². The number of aryl methyl sites for hydroxylation is 1. The molecule has 142 valence electrons. The summed E-state index contributed by atoms with van der Waals surface area (Å²) in [4.78, 5) is 20.6. The molecular weight excluding hydrogens is 403 g/mol. The molecule has 0 aliphatic rings. The Morgan fingerprint density at radius 2 is 2.07 bits per heavy atom. The number of anilines is 2. The minimum Gasteiger partial charge on any atom is -0.308 e. The van der Waals surface area contributed by atoms with Crippen molar-refractivity contribution in [1.29, 1.82) is 0 Å². The fraction of sp³-hybridized carbons (Fsp3) is 0.125. The van der Waals surface area contributed by atoms with Gasteiger partial charge in [0.2, 0.25) is 5.13 Å². The van der Waals surface area contributed by atoms with Crippen molar-refractivity contribution in [3.63, 3.8) is 0 Å². The fourth-order valence-corrected chi connectivity index (χ4v) is 4.07. The number of fused-ring (bicyclic) bond motifs is 1. The van der Waals surface area contributed by atoms with Crippen LogP contribution in [-0.4, -0.2) is 35.8 Å². The molecule has 3 aromatic heterocycles. The van der Waals surface area contributed by atoms with Gasteiger partial charge in [-0.2, -0.15) is 14.6 Å². The molecule has 2 amide bonds. The van der Waals surface area contributed by atoms with Crippen LogP contribution < -0.4 is 10.6 Å². The third-order valence-electron chi connectivity index (χ3n) is 3.56. The molecule has 0 bridgehead atoms. The van der Waals surface area contributed by atoms with E-state index in [1.54, 1.807) is 4.52 Å². The average Bonchev–Trinajstić information content (AvgIpc) is 3.33. The highest BCUT2D eigenvalue weighted by atomic mass is 32.2. The van der Waals surface area contributed by atoms with E-state index in [4.69, 9.17) is 0 Å². The van der Waals surface area contributed by atoms with E-state index >= 15 is 0 Å². The van der Waals surface area contributed by atoms with Crippen LogP contribution in [0, 0.1) is 5.82 Å². The number of benzene rings is 1. The smallest absolute Gasteiger partial charge is 0.308 e. The first-order valence-corrected chi connectivity index (χ1v) is 9.78. The number of hydrogen-bond donors (Lipinski definition) is 2. The molecule has 0 saturated heterocycles. The van der Waals surface area contributed by atoms with Crippen molar-refractivity contribution in [2.24, 2.45) is 0 Å². The third kappa shape index (κ3) is 4.07. The quantitative estimate of drug-likeness (QED) is 0.379. The monoisotopic (exact) mass is 416 g/mol. The lowest BCUT2D eigenvalue weighted by Crippen LogP contribution is -2.19. The molecule has 2 N–H and O–H groups in total. The Hall–Kier alpha value is -3.12. The SMILES string of the molecule is CCc1cc(Sc2nnc(NC(=O)Nc3ccc(F)cc3)s2)n2ncnc2n1. The second kappa shape index (κ2) is 7.86. The second-order valence-electron chi connectivity index (χ2n) is 5.47. The summed E-state index contributed by atoms with van der Waals surface area (Å²) in [6.45, 7) is 2.01. The molecule has 0 fully saturated rings. The average molecular weight is 416 g/mol. The maximum absolute atomic E-state index is 12.9. The Balaban J connectivity index is 1.45. The first-order chi connectivity index (χ1) is 13.6. The number of amides is 2. The van der Waals surface area contributed by atoms with Gasteiger partial charge in [-0.25, -0.2) is 14.2 Å². The lowest BCUT2D eigenvalue weighted by atomic mass is 10.3. The molecule has 28 heavy (non-hydrogen) atoms. The normalized spacial score (nSPS) is 10.9. The second-order valence-corrected chi connectivity index (χ2v) is 7.72. The highest BCUT2D eigenvalue weighted by molar-refractivity contribution is 8.01. The lowest BCUT2D eigenvalue weighted by molar-refractivity contribution is 0.262. The van der Waals surface area contributed by atoms with Gasteiger partial charge in [0.15, 0.2) is 4.34 Å². The molecule has 0 spiro atoms. The number of hydrogen-bond acceptors (Lipinski definition) is 8. The van der Waals surface area contributed by atoms with Crippen molar-refractivity contribution >= 4 is 45.7 Å². The van der Waals surface area contributed by atoms with Crippen LogP contribution in [-0.2, 0) is 6.42 Å². The van der Waals surface area contributed by atoms with Crippen molar-refractivity contribution in [2.45, 2.75) is 22.7 Å². The highest BCUT2D eigenvalue weighted by Gasteiger charge is 2.13. The van der Waals surface area contributed by atoms with E-state index < -0.39 is 6.03 Å². The number of carbonyl (C=O) groups excluding carboxylic acids is 1. The van der Waals surface area contributed by atoms with Crippen molar-refractivity contribution in [3.8, 4) is 0 Å². The fourth-order valence-electron chi connectivity index (χ4n) is 2.27. The molecule has 0 atom stereocenters. The summed E-state index contributed by atoms with van der Waals surface area (Å²) in [6, 6.07) is 6.89. The molecule has 0 radical (unpaired) electrons. The summed E-state index contributed by atoms with van der Waals surface area (Å²) in [6.07, 6.45) is 2.21. The molecule has 0 aliphatic carbocycles. The van der Waals surface area contributed by atoms with Crippen molar-refractivity contribution < 1.29 is 9.18 Å². The van der Waals surface area contributed by atoms with E-state index in [0.717, 1.165) is 17.1 Å². The van der Waals surface area contributed by atoms with Crippen LogP contribution in [0.1, 0.15) is 12.6 Å². The number of aromatic nitrogens is 6. The predicted molar refractivity (Wildman–Crippen MR) is 103 cm³/mol. The molecular formula is C16H13FN8OS2. The number of halogens is 1. The summed E-state index contributed by atoms with van der Waals surface area (Å²) >= 11 is 2.58. The van der Waals surface area contributed by atoms with Crippen LogP contribution in [0.2, 0.25) is 0 Å². The van der Waals surface area contributed by atoms with E-state index in [1.165, 1.54) is 53.7 Å². The third-order valence-corrected chi connectivity index (χ3v) is 5.44. The predicted octanol–water partition coefficient (Wildman–Crippen LogP) is 3.47. The molecule has 1 aromatic carbocycles. The topological polar surface area (TPSA) is 110 Å². The molecule has 0 unspecified atom stereocenters. The molecule has 12 heteroatoms. The highest BCUT2D eigenvalue weighted by Crippen LogP contribution is 2.32. The van der Waals surface area contributed by atoms with Gasteiger partial charge < -0.3 is 5.32 Å². The first-order valence-electron chi connectivity index (χ1n) is 8.15. The number of carbonyl (C=O) groups is 1. The molecule has 0 saturated carbocycles. The Kier molecular flexibility index (Phi) is 5.12. The standard InChI is InChI=1S/C16H13FN8OS2/c1-2-10-7-12(25-13(20-10)18-8-19-25)27-16-24-23-15(28-16)22-14(26)21-11-5-3-9(17)4-6-11/h3-8H,2H2,1H3,(H2,21,22,23,26). The van der Waals surface area contributed by atoms with Gasteiger partial charge in [0.05, 0.1) is 0 Å². The van der Waals surface area contributed by atoms with Crippen molar-refractivity contribution in [3.05, 3.63) is 48.2 Å². The zero-order valence-corrected chi connectivity index (χ0v) is 16.1. The first kappa shape index (κ1) is 18.3. The van der Waals surface area contributed by atoms with Crippen LogP contribution >= 0.6 is 23.1 Å². The van der Waals surface area contributed by atoms with E-state index in [9.17, 15) is 9.18 Å². The number of nitrogens with zero attached hydrogens (tertiary/aromatic N) is 6. The Bertz CT molecular complexity index is 1130. The maximum atomic E-state index is 12.9. The van der Waals surface area contributed by atoms with Gasteiger partial charge >= 0.3 is 6.03 Å². The molecule has 9 nitrogen and oxygen atoms in total. The van der Waals surface area contributed by atoms with Crippen molar-refractivity contribution in [1.82, 2.24) is 29.8 Å².